The lowest BCUT2D eigenvalue weighted by molar-refractivity contribution is -0.0741. The van der Waals surface area contributed by atoms with Gasteiger partial charge in [0, 0.05) is 67.7 Å². The third-order valence-electron chi connectivity index (χ3n) is 11.6. The Balaban J connectivity index is 1.17. The molecule has 9 rings (SSSR count). The maximum absolute atomic E-state index is 17.6. The van der Waals surface area contributed by atoms with E-state index in [0.717, 1.165) is 81.5 Å². The van der Waals surface area contributed by atoms with Crippen LogP contribution in [0.4, 0.5) is 19.6 Å². The van der Waals surface area contributed by atoms with Crippen LogP contribution in [0.1, 0.15) is 63.1 Å². The number of ether oxygens (including phenoxy) is 3. The Morgan fingerprint density at radius 1 is 1.08 bits per heavy atom. The Kier molecular flexibility index (Phi) is 8.71. The van der Waals surface area contributed by atoms with E-state index in [1.54, 1.807) is 6.92 Å². The van der Waals surface area contributed by atoms with Gasteiger partial charge in [-0.15, -0.1) is 11.3 Å². The molecule has 15 heteroatoms. The van der Waals surface area contributed by atoms with Gasteiger partial charge in [0.2, 0.25) is 0 Å². The zero-order valence-corrected chi connectivity index (χ0v) is 31.0. The third-order valence-corrected chi connectivity index (χ3v) is 12.7. The number of nitriles is 1. The highest BCUT2D eigenvalue weighted by atomic mass is 32.1. The van der Waals surface area contributed by atoms with Crippen molar-refractivity contribution in [3.05, 3.63) is 34.5 Å². The van der Waals surface area contributed by atoms with E-state index in [1.165, 1.54) is 0 Å². The number of hydrogen-bond acceptors (Lipinski definition) is 13. The van der Waals surface area contributed by atoms with Crippen molar-refractivity contribution in [2.24, 2.45) is 5.41 Å². The Hall–Kier alpha value is -3.78. The summed E-state index contributed by atoms with van der Waals surface area (Å²) in [6.07, 6.45) is 4.84. The standard InChI is InChI=1S/C38H44F2N8O4S/c1-19(49)10-46-13-22-4-5-23(14-46)48(22)36-30-26-16-50-15-25(26)28(32-29-24(8-41)35(42)53-34(29)27(39)9-43-32)31(40)33(30)44-37(45-36)51-18-38(6-7-38)17-47-11-20(2)52-21(3)12-47/h9,19-23,49H,4-7,10-18,42H2,1-3H3/t19-,20-,21+,22?,23?/m1/s1. The first-order chi connectivity index (χ1) is 25.5. The molecule has 12 nitrogen and oxygen atoms in total. The van der Waals surface area contributed by atoms with Crippen molar-refractivity contribution in [2.75, 3.05) is 56.5 Å². The molecule has 280 valence electrons. The third kappa shape index (κ3) is 6.07. The highest BCUT2D eigenvalue weighted by Gasteiger charge is 2.47. The molecule has 4 aromatic rings. The summed E-state index contributed by atoms with van der Waals surface area (Å²) in [6.45, 7) is 11.4. The lowest BCUT2D eigenvalue weighted by atomic mass is 9.93. The van der Waals surface area contributed by atoms with Crippen molar-refractivity contribution < 1.29 is 28.1 Å². The van der Waals surface area contributed by atoms with Gasteiger partial charge in [-0.25, -0.2) is 8.78 Å². The minimum absolute atomic E-state index is 0.0490. The maximum Gasteiger partial charge on any atom is 0.319 e. The van der Waals surface area contributed by atoms with E-state index in [4.69, 9.17) is 29.9 Å². The zero-order chi connectivity index (χ0) is 36.8. The smallest absolute Gasteiger partial charge is 0.319 e. The number of aliphatic hydroxyl groups excluding tert-OH is 1. The van der Waals surface area contributed by atoms with Gasteiger partial charge in [0.25, 0.3) is 0 Å². The number of nitrogens with two attached hydrogens (primary N) is 1. The summed E-state index contributed by atoms with van der Waals surface area (Å²) >= 11 is 0.948. The second-order valence-electron chi connectivity index (χ2n) is 15.9. The van der Waals surface area contributed by atoms with E-state index in [-0.39, 0.29) is 86.4 Å². The van der Waals surface area contributed by atoms with Crippen LogP contribution in [0.15, 0.2) is 6.20 Å². The largest absolute Gasteiger partial charge is 0.463 e. The summed E-state index contributed by atoms with van der Waals surface area (Å²) < 4.78 is 51.3. The average molecular weight is 747 g/mol. The number of pyridine rings is 1. The molecule has 5 atom stereocenters. The van der Waals surface area contributed by atoms with E-state index >= 15 is 8.78 Å². The van der Waals surface area contributed by atoms with Gasteiger partial charge in [0.15, 0.2) is 11.6 Å². The van der Waals surface area contributed by atoms with Crippen molar-refractivity contribution in [1.29, 1.82) is 5.26 Å². The van der Waals surface area contributed by atoms with E-state index in [0.29, 0.717) is 29.9 Å². The number of morpholine rings is 1. The van der Waals surface area contributed by atoms with Crippen LogP contribution in [0.25, 0.3) is 32.2 Å². The Morgan fingerprint density at radius 3 is 2.47 bits per heavy atom. The predicted molar refractivity (Wildman–Crippen MR) is 197 cm³/mol. The molecule has 0 spiro atoms. The number of aromatic nitrogens is 3. The molecule has 0 radical (unpaired) electrons. The normalized spacial score (nSPS) is 25.9. The number of aliphatic hydroxyl groups is 1. The van der Waals surface area contributed by atoms with Crippen LogP contribution in [0.2, 0.25) is 0 Å². The SMILES string of the molecule is C[C@@H]1CN(CC2(COc3nc(N4C5CCC4CN(C[C@@H](C)O)C5)c4c5c(c(-c6ncc(F)c7sc(N)c(C#N)c67)c(F)c4n3)COC5)CC2)C[C@H](C)O1. The topological polar surface area (TPSA) is 146 Å². The number of fused-ring (bicyclic) bond motifs is 6. The minimum atomic E-state index is -0.649. The lowest BCUT2D eigenvalue weighted by Gasteiger charge is -2.42. The van der Waals surface area contributed by atoms with Crippen LogP contribution in [0.3, 0.4) is 0 Å². The van der Waals surface area contributed by atoms with E-state index in [9.17, 15) is 10.4 Å². The molecule has 4 fully saturated rings. The fourth-order valence-electron chi connectivity index (χ4n) is 9.37. The predicted octanol–water partition coefficient (Wildman–Crippen LogP) is 4.97. The van der Waals surface area contributed by atoms with E-state index < -0.39 is 17.7 Å². The van der Waals surface area contributed by atoms with E-state index in [2.05, 4.69) is 39.6 Å². The summed E-state index contributed by atoms with van der Waals surface area (Å²) in [5.41, 5.74) is 7.85. The van der Waals surface area contributed by atoms with Crippen molar-refractivity contribution in [3.63, 3.8) is 0 Å². The molecule has 3 N–H and O–H groups in total. The molecule has 2 bridgehead atoms. The first-order valence-electron chi connectivity index (χ1n) is 18.6. The average Bonchev–Trinajstić information content (AvgIpc) is 3.39. The first kappa shape index (κ1) is 35.0. The number of benzene rings is 1. The van der Waals surface area contributed by atoms with Gasteiger partial charge >= 0.3 is 6.01 Å². The minimum Gasteiger partial charge on any atom is -0.463 e. The van der Waals surface area contributed by atoms with Gasteiger partial charge in [-0.2, -0.15) is 15.2 Å². The number of nitrogens with zero attached hydrogens (tertiary/aromatic N) is 7. The number of hydrogen-bond donors (Lipinski definition) is 2. The van der Waals surface area contributed by atoms with Gasteiger partial charge in [-0.05, 0) is 57.6 Å². The summed E-state index contributed by atoms with van der Waals surface area (Å²) in [5.74, 6) is -0.655. The number of piperazine rings is 1. The molecule has 0 amide bonds. The first-order valence-corrected chi connectivity index (χ1v) is 19.4. The highest BCUT2D eigenvalue weighted by Crippen LogP contribution is 2.49. The van der Waals surface area contributed by atoms with Crippen molar-refractivity contribution in [2.45, 2.75) is 90.1 Å². The molecule has 1 aliphatic carbocycles. The summed E-state index contributed by atoms with van der Waals surface area (Å²) in [6, 6.07) is 2.39. The summed E-state index contributed by atoms with van der Waals surface area (Å²) in [5, 5.41) is 21.1. The molecule has 3 aromatic heterocycles. The van der Waals surface area contributed by atoms with Gasteiger partial charge in [-0.3, -0.25) is 14.8 Å². The zero-order valence-electron chi connectivity index (χ0n) is 30.2. The second kappa shape index (κ2) is 13.2. The van der Waals surface area contributed by atoms with Crippen LogP contribution < -0.4 is 15.4 Å². The van der Waals surface area contributed by atoms with Gasteiger partial charge in [-0.1, -0.05) is 0 Å². The van der Waals surface area contributed by atoms with Gasteiger partial charge in [0.1, 0.15) is 22.4 Å². The summed E-state index contributed by atoms with van der Waals surface area (Å²) in [4.78, 5) is 21.4. The fraction of sp³-hybridized carbons (Fsp3) is 0.579. The molecule has 1 saturated carbocycles. The molecule has 5 aliphatic rings. The van der Waals surface area contributed by atoms with Gasteiger partial charge in [0.05, 0.1) is 65.7 Å². The Labute approximate surface area is 310 Å². The molecule has 1 aromatic carbocycles. The number of thiophene rings is 1. The van der Waals surface area contributed by atoms with E-state index in [1.807, 2.05) is 0 Å². The molecule has 7 heterocycles. The molecule has 53 heavy (non-hydrogen) atoms. The Morgan fingerprint density at radius 2 is 1.79 bits per heavy atom. The number of halogens is 2. The monoisotopic (exact) mass is 746 g/mol. The van der Waals surface area contributed by atoms with Crippen LogP contribution in [-0.4, -0.2) is 106 Å². The number of nitrogen functional groups attached to an aromatic ring is 1. The fourth-order valence-corrected chi connectivity index (χ4v) is 10.3. The molecule has 4 aliphatic heterocycles. The lowest BCUT2D eigenvalue weighted by Crippen LogP contribution is -2.55. The van der Waals surface area contributed by atoms with Crippen molar-refractivity contribution >= 4 is 43.1 Å². The number of β-amino-alcohol motifs (C(OH)–C–C–N with tert-alkyl or cyclic N) is 1. The van der Waals surface area contributed by atoms with Gasteiger partial charge < -0.3 is 30.0 Å². The number of anilines is 2. The molecular formula is C38H44F2N8O4S. The Bertz CT molecular complexity index is 2130. The number of rotatable bonds is 9. The number of likely N-dealkylation sites (tertiary alicyclic amines) is 1. The van der Waals surface area contributed by atoms with Crippen molar-refractivity contribution in [1.82, 2.24) is 24.8 Å². The van der Waals surface area contributed by atoms with Crippen LogP contribution in [0.5, 0.6) is 6.01 Å². The van der Waals surface area contributed by atoms with Crippen LogP contribution in [-0.2, 0) is 22.7 Å². The molecule has 2 unspecified atom stereocenters. The summed E-state index contributed by atoms with van der Waals surface area (Å²) in [7, 11) is 0. The quantitative estimate of drug-likeness (QED) is 0.239. The highest BCUT2D eigenvalue weighted by molar-refractivity contribution is 7.23. The van der Waals surface area contributed by atoms with Crippen molar-refractivity contribution in [3.8, 4) is 23.3 Å². The van der Waals surface area contributed by atoms with Crippen LogP contribution >= 0.6 is 11.3 Å². The second-order valence-corrected chi connectivity index (χ2v) is 17.0. The van der Waals surface area contributed by atoms with Crippen LogP contribution in [0, 0.1) is 28.4 Å². The maximum atomic E-state index is 17.6. The molecule has 3 saturated heterocycles. The molecular weight excluding hydrogens is 703 g/mol.